The summed E-state index contributed by atoms with van der Waals surface area (Å²) in [5.41, 5.74) is 2.86. The van der Waals surface area contributed by atoms with Gasteiger partial charge in [0.2, 0.25) is 0 Å². The molecule has 2 N–H and O–H groups in total. The van der Waals surface area contributed by atoms with Gasteiger partial charge in [-0.3, -0.25) is 0 Å². The van der Waals surface area contributed by atoms with Crippen molar-refractivity contribution in [2.24, 2.45) is 0 Å². The van der Waals surface area contributed by atoms with Crippen LogP contribution < -0.4 is 15.5 Å². The van der Waals surface area contributed by atoms with Gasteiger partial charge in [-0.2, -0.15) is 0 Å². The SMILES string of the molecule is CCN(CC)c1ccc(NC(=O)N/C=C/c2ccc(Cl)cc2)cc1. The van der Waals surface area contributed by atoms with E-state index in [1.54, 1.807) is 24.4 Å². The number of halogens is 1. The highest BCUT2D eigenvalue weighted by Gasteiger charge is 2.03. The summed E-state index contributed by atoms with van der Waals surface area (Å²) < 4.78 is 0. The lowest BCUT2D eigenvalue weighted by molar-refractivity contribution is 0.255. The topological polar surface area (TPSA) is 44.4 Å². The van der Waals surface area contributed by atoms with E-state index in [-0.39, 0.29) is 6.03 Å². The van der Waals surface area contributed by atoms with Crippen LogP contribution in [0.4, 0.5) is 16.2 Å². The van der Waals surface area contributed by atoms with Crippen LogP contribution in [0.5, 0.6) is 0 Å². The molecule has 0 fully saturated rings. The van der Waals surface area contributed by atoms with E-state index in [0.29, 0.717) is 5.02 Å². The molecule has 0 radical (unpaired) electrons. The fourth-order valence-electron chi connectivity index (χ4n) is 2.30. The second-order valence-electron chi connectivity index (χ2n) is 5.20. The molecule has 2 aromatic carbocycles. The summed E-state index contributed by atoms with van der Waals surface area (Å²) in [7, 11) is 0. The van der Waals surface area contributed by atoms with Gasteiger partial charge in [-0.25, -0.2) is 4.79 Å². The average Bonchev–Trinajstić information content (AvgIpc) is 2.59. The lowest BCUT2D eigenvalue weighted by Gasteiger charge is -2.21. The Labute approximate surface area is 148 Å². The van der Waals surface area contributed by atoms with Gasteiger partial charge in [-0.15, -0.1) is 0 Å². The molecule has 2 rings (SSSR count). The highest BCUT2D eigenvalue weighted by atomic mass is 35.5. The normalized spacial score (nSPS) is 10.6. The Bertz CT molecular complexity index is 677. The van der Waals surface area contributed by atoms with E-state index in [1.807, 2.05) is 36.4 Å². The quantitative estimate of drug-likeness (QED) is 0.777. The van der Waals surface area contributed by atoms with Gasteiger partial charge in [0.15, 0.2) is 0 Å². The molecule has 0 aliphatic heterocycles. The number of nitrogens with one attached hydrogen (secondary N) is 2. The Morgan fingerprint density at radius 2 is 1.67 bits per heavy atom. The Hall–Kier alpha value is -2.46. The van der Waals surface area contributed by atoms with Gasteiger partial charge in [-0.05, 0) is 61.9 Å². The highest BCUT2D eigenvalue weighted by Crippen LogP contribution is 2.17. The third kappa shape index (κ3) is 5.32. The van der Waals surface area contributed by atoms with Gasteiger partial charge in [0.1, 0.15) is 0 Å². The number of benzene rings is 2. The molecule has 0 atom stereocenters. The average molecular weight is 344 g/mol. The van der Waals surface area contributed by atoms with Gasteiger partial charge in [0, 0.05) is 35.7 Å². The smallest absolute Gasteiger partial charge is 0.323 e. The summed E-state index contributed by atoms with van der Waals surface area (Å²) in [5.74, 6) is 0. The molecule has 0 saturated heterocycles. The van der Waals surface area contributed by atoms with E-state index in [1.165, 1.54) is 0 Å². The fraction of sp³-hybridized carbons (Fsp3) is 0.211. The van der Waals surface area contributed by atoms with Gasteiger partial charge in [-0.1, -0.05) is 23.7 Å². The Morgan fingerprint density at radius 1 is 1.04 bits per heavy atom. The maximum atomic E-state index is 11.9. The molecule has 0 heterocycles. The molecule has 4 nitrogen and oxygen atoms in total. The summed E-state index contributed by atoms with van der Waals surface area (Å²) in [5, 5.41) is 6.16. The second-order valence-corrected chi connectivity index (χ2v) is 5.64. The maximum absolute atomic E-state index is 11.9. The van der Waals surface area contributed by atoms with Gasteiger partial charge >= 0.3 is 6.03 Å². The molecular formula is C19H22ClN3O. The molecule has 2 aromatic rings. The number of amides is 2. The number of urea groups is 1. The Morgan fingerprint density at radius 3 is 2.25 bits per heavy atom. The number of hydrogen-bond donors (Lipinski definition) is 2. The first-order chi connectivity index (χ1) is 11.6. The number of anilines is 2. The predicted molar refractivity (Wildman–Crippen MR) is 103 cm³/mol. The van der Waals surface area contributed by atoms with E-state index in [9.17, 15) is 4.79 Å². The summed E-state index contributed by atoms with van der Waals surface area (Å²) in [6.07, 6.45) is 3.40. The van der Waals surface area contributed by atoms with Gasteiger partial charge < -0.3 is 15.5 Å². The molecule has 0 unspecified atom stereocenters. The molecule has 126 valence electrons. The van der Waals surface area contributed by atoms with E-state index in [4.69, 9.17) is 11.6 Å². The molecule has 0 aromatic heterocycles. The van der Waals surface area contributed by atoms with Crippen molar-refractivity contribution in [3.05, 3.63) is 65.3 Å². The molecule has 0 aliphatic carbocycles. The molecule has 0 saturated carbocycles. The van der Waals surface area contributed by atoms with Crippen molar-refractivity contribution in [2.45, 2.75) is 13.8 Å². The van der Waals surface area contributed by atoms with Crippen molar-refractivity contribution in [3.8, 4) is 0 Å². The van der Waals surface area contributed by atoms with Crippen LogP contribution in [0.2, 0.25) is 5.02 Å². The van der Waals surface area contributed by atoms with Crippen LogP contribution in [0.15, 0.2) is 54.7 Å². The minimum atomic E-state index is -0.282. The number of rotatable bonds is 6. The molecule has 0 spiro atoms. The van der Waals surface area contributed by atoms with Crippen LogP contribution in [0, 0.1) is 0 Å². The third-order valence-corrected chi connectivity index (χ3v) is 3.87. The summed E-state index contributed by atoms with van der Waals surface area (Å²) in [6, 6.07) is 14.9. The Balaban J connectivity index is 1.86. The largest absolute Gasteiger partial charge is 0.372 e. The number of carbonyl (C=O) groups excluding carboxylic acids is 1. The highest BCUT2D eigenvalue weighted by molar-refractivity contribution is 6.30. The van der Waals surface area contributed by atoms with Crippen molar-refractivity contribution in [3.63, 3.8) is 0 Å². The van der Waals surface area contributed by atoms with Crippen LogP contribution in [0.1, 0.15) is 19.4 Å². The van der Waals surface area contributed by atoms with Crippen molar-refractivity contribution in [2.75, 3.05) is 23.3 Å². The monoisotopic (exact) mass is 343 g/mol. The summed E-state index contributed by atoms with van der Waals surface area (Å²) in [6.45, 7) is 6.16. The maximum Gasteiger partial charge on any atom is 0.323 e. The van der Waals surface area contributed by atoms with Crippen LogP contribution >= 0.6 is 11.6 Å². The molecule has 0 bridgehead atoms. The van der Waals surface area contributed by atoms with Crippen LogP contribution in [0.3, 0.4) is 0 Å². The van der Waals surface area contributed by atoms with E-state index in [2.05, 4.69) is 29.4 Å². The van der Waals surface area contributed by atoms with Crippen molar-refractivity contribution >= 4 is 35.1 Å². The molecule has 5 heteroatoms. The first-order valence-electron chi connectivity index (χ1n) is 7.97. The van der Waals surface area contributed by atoms with E-state index in [0.717, 1.165) is 30.0 Å². The van der Waals surface area contributed by atoms with Crippen LogP contribution in [-0.4, -0.2) is 19.1 Å². The Kier molecular flexibility index (Phi) is 6.70. The van der Waals surface area contributed by atoms with Crippen LogP contribution in [0.25, 0.3) is 6.08 Å². The van der Waals surface area contributed by atoms with Crippen LogP contribution in [-0.2, 0) is 0 Å². The number of hydrogen-bond acceptors (Lipinski definition) is 2. The number of carbonyl (C=O) groups is 1. The second kappa shape index (κ2) is 8.99. The molecular weight excluding hydrogens is 322 g/mol. The number of nitrogens with zero attached hydrogens (tertiary/aromatic N) is 1. The summed E-state index contributed by atoms with van der Waals surface area (Å²) in [4.78, 5) is 14.1. The zero-order valence-electron chi connectivity index (χ0n) is 13.9. The van der Waals surface area contributed by atoms with E-state index < -0.39 is 0 Å². The zero-order chi connectivity index (χ0) is 17.4. The summed E-state index contributed by atoms with van der Waals surface area (Å²) >= 11 is 5.83. The van der Waals surface area contributed by atoms with Gasteiger partial charge in [0.25, 0.3) is 0 Å². The first-order valence-corrected chi connectivity index (χ1v) is 8.34. The fourth-order valence-corrected chi connectivity index (χ4v) is 2.42. The lowest BCUT2D eigenvalue weighted by Crippen LogP contribution is -2.24. The molecule has 2 amide bonds. The van der Waals surface area contributed by atoms with Crippen molar-refractivity contribution < 1.29 is 4.79 Å². The lowest BCUT2D eigenvalue weighted by atomic mass is 10.2. The molecule has 0 aliphatic rings. The minimum Gasteiger partial charge on any atom is -0.372 e. The van der Waals surface area contributed by atoms with Crippen molar-refractivity contribution in [1.82, 2.24) is 5.32 Å². The minimum absolute atomic E-state index is 0.282. The van der Waals surface area contributed by atoms with Gasteiger partial charge in [0.05, 0.1) is 0 Å². The van der Waals surface area contributed by atoms with E-state index >= 15 is 0 Å². The first kappa shape index (κ1) is 17.9. The molecule has 24 heavy (non-hydrogen) atoms. The predicted octanol–water partition coefficient (Wildman–Crippen LogP) is 4.98. The van der Waals surface area contributed by atoms with Crippen molar-refractivity contribution in [1.29, 1.82) is 0 Å². The standard InChI is InChI=1S/C19H22ClN3O/c1-3-23(4-2)18-11-9-17(10-12-18)22-19(24)21-14-13-15-5-7-16(20)8-6-15/h5-14H,3-4H2,1-2H3,(H2,21,22,24)/b14-13+. The zero-order valence-corrected chi connectivity index (χ0v) is 14.7. The third-order valence-electron chi connectivity index (χ3n) is 3.61.